The number of nitrogens with zero attached hydrogens (tertiary/aromatic N) is 4. The minimum atomic E-state index is -0.754. The molecule has 0 aliphatic carbocycles. The van der Waals surface area contributed by atoms with Crippen LogP contribution in [0, 0.1) is 0 Å². The van der Waals surface area contributed by atoms with Gasteiger partial charge in [-0.2, -0.15) is 0 Å². The molecule has 2 heterocycles. The molecule has 0 bridgehead atoms. The lowest BCUT2D eigenvalue weighted by Gasteiger charge is -2.30. The van der Waals surface area contributed by atoms with E-state index in [2.05, 4.69) is 4.98 Å². The molecule has 1 amide bonds. The molecule has 1 N–H and O–H groups in total. The van der Waals surface area contributed by atoms with E-state index >= 15 is 0 Å². The third-order valence-electron chi connectivity index (χ3n) is 4.98. The molecule has 1 fully saturated rings. The van der Waals surface area contributed by atoms with Crippen molar-refractivity contribution in [2.24, 2.45) is 7.05 Å². The van der Waals surface area contributed by atoms with Crippen LogP contribution in [0.15, 0.2) is 29.3 Å². The number of hydrogen-bond acceptors (Lipinski definition) is 5. The Hall–Kier alpha value is -2.25. The lowest BCUT2D eigenvalue weighted by atomic mass is 9.94. The number of carbonyl (C=O) groups is 1. The van der Waals surface area contributed by atoms with Crippen molar-refractivity contribution in [2.45, 2.75) is 24.9 Å². The first-order valence-electron chi connectivity index (χ1n) is 8.91. The van der Waals surface area contributed by atoms with E-state index in [-0.39, 0.29) is 11.5 Å². The second-order valence-corrected chi connectivity index (χ2v) is 7.50. The summed E-state index contributed by atoms with van der Waals surface area (Å²) in [5.74, 6) is -0.0801. The van der Waals surface area contributed by atoms with Gasteiger partial charge in [0.2, 0.25) is 0 Å². The van der Waals surface area contributed by atoms with Gasteiger partial charge in [0.15, 0.2) is 0 Å². The molecule has 2 aromatic rings. The normalized spacial score (nSPS) is 21.2. The minimum absolute atomic E-state index is 0.0801. The molecule has 7 nitrogen and oxygen atoms in total. The van der Waals surface area contributed by atoms with Crippen molar-refractivity contribution in [1.29, 1.82) is 0 Å². The molecule has 1 saturated heterocycles. The van der Waals surface area contributed by atoms with E-state index < -0.39 is 5.60 Å². The highest BCUT2D eigenvalue weighted by Crippen LogP contribution is 2.24. The van der Waals surface area contributed by atoms with Gasteiger partial charge in [0.1, 0.15) is 0 Å². The van der Waals surface area contributed by atoms with Crippen molar-refractivity contribution < 1.29 is 9.90 Å². The molecule has 3 rings (SSSR count). The van der Waals surface area contributed by atoms with E-state index in [1.807, 2.05) is 19.0 Å². The number of fused-ring (bicyclic) bond motifs is 1. The average Bonchev–Trinajstić information content (AvgIpc) is 2.78. The largest absolute Gasteiger partial charge is 0.388 e. The van der Waals surface area contributed by atoms with Gasteiger partial charge in [0.25, 0.3) is 11.5 Å². The summed E-state index contributed by atoms with van der Waals surface area (Å²) in [6.07, 6.45) is 3.47. The second-order valence-electron chi connectivity index (χ2n) is 7.50. The number of aryl methyl sites for hydroxylation is 1. The Balaban J connectivity index is 1.80. The molecule has 0 saturated carbocycles. The Bertz CT molecular complexity index is 877. The fourth-order valence-corrected chi connectivity index (χ4v) is 3.65. The van der Waals surface area contributed by atoms with Gasteiger partial charge in [-0.05, 0) is 51.6 Å². The molecule has 1 aliphatic rings. The smallest absolute Gasteiger partial charge is 0.260 e. The van der Waals surface area contributed by atoms with E-state index in [1.54, 1.807) is 30.1 Å². The number of likely N-dealkylation sites (tertiary alicyclic amines) is 1. The molecular weight excluding hydrogens is 332 g/mol. The van der Waals surface area contributed by atoms with Crippen LogP contribution < -0.4 is 5.56 Å². The van der Waals surface area contributed by atoms with E-state index in [0.717, 1.165) is 6.42 Å². The van der Waals surface area contributed by atoms with Crippen molar-refractivity contribution in [3.63, 3.8) is 0 Å². The van der Waals surface area contributed by atoms with Gasteiger partial charge in [-0.25, -0.2) is 4.98 Å². The van der Waals surface area contributed by atoms with E-state index in [4.69, 9.17) is 0 Å². The monoisotopic (exact) mass is 358 g/mol. The van der Waals surface area contributed by atoms with Gasteiger partial charge in [-0.15, -0.1) is 0 Å². The fraction of sp³-hybridized carbons (Fsp3) is 0.526. The Kier molecular flexibility index (Phi) is 5.11. The summed E-state index contributed by atoms with van der Waals surface area (Å²) in [7, 11) is 5.54. The summed E-state index contributed by atoms with van der Waals surface area (Å²) >= 11 is 0. The molecule has 0 spiro atoms. The maximum Gasteiger partial charge on any atom is 0.260 e. The van der Waals surface area contributed by atoms with Gasteiger partial charge >= 0.3 is 0 Å². The highest BCUT2D eigenvalue weighted by molar-refractivity contribution is 5.97. The van der Waals surface area contributed by atoms with Crippen LogP contribution in [-0.4, -0.2) is 69.7 Å². The molecule has 0 unspecified atom stereocenters. The molecule has 1 aromatic carbocycles. The molecule has 1 atom stereocenters. The van der Waals surface area contributed by atoms with Gasteiger partial charge in [-0.1, -0.05) is 0 Å². The summed E-state index contributed by atoms with van der Waals surface area (Å²) in [4.78, 5) is 33.0. The van der Waals surface area contributed by atoms with Crippen LogP contribution in [0.4, 0.5) is 0 Å². The molecule has 7 heteroatoms. The summed E-state index contributed by atoms with van der Waals surface area (Å²) < 4.78 is 1.42. The summed E-state index contributed by atoms with van der Waals surface area (Å²) in [5.41, 5.74) is 0.169. The number of aromatic nitrogens is 2. The fourth-order valence-electron chi connectivity index (χ4n) is 3.65. The number of amides is 1. The third-order valence-corrected chi connectivity index (χ3v) is 4.98. The number of likely N-dealkylation sites (N-methyl/N-ethyl adjacent to an activating group) is 1. The lowest BCUT2D eigenvalue weighted by molar-refractivity contribution is 0.00305. The predicted molar refractivity (Wildman–Crippen MR) is 100 cm³/mol. The molecule has 0 radical (unpaired) electrons. The first-order chi connectivity index (χ1) is 12.3. The van der Waals surface area contributed by atoms with Crippen LogP contribution in [0.3, 0.4) is 0 Å². The maximum absolute atomic E-state index is 12.9. The van der Waals surface area contributed by atoms with Crippen molar-refractivity contribution in [2.75, 3.05) is 33.7 Å². The maximum atomic E-state index is 12.9. The van der Waals surface area contributed by atoms with E-state index in [1.165, 1.54) is 10.9 Å². The number of rotatable bonds is 3. The van der Waals surface area contributed by atoms with Crippen LogP contribution in [0.25, 0.3) is 10.9 Å². The highest BCUT2D eigenvalue weighted by atomic mass is 16.3. The first kappa shape index (κ1) is 18.5. The topological polar surface area (TPSA) is 78.7 Å². The SMILES string of the molecule is CN(C)C[C@@]1(O)CCCN(C(=O)c2ccc3c(=O)n(C)cnc3c2)CC1. The molecule has 140 valence electrons. The highest BCUT2D eigenvalue weighted by Gasteiger charge is 2.32. The Morgan fingerprint density at radius 3 is 2.81 bits per heavy atom. The quantitative estimate of drug-likeness (QED) is 0.880. The number of aliphatic hydroxyl groups is 1. The van der Waals surface area contributed by atoms with Crippen LogP contribution in [0.2, 0.25) is 0 Å². The lowest BCUT2D eigenvalue weighted by Crippen LogP contribution is -2.41. The zero-order valence-corrected chi connectivity index (χ0v) is 15.6. The minimum Gasteiger partial charge on any atom is -0.388 e. The van der Waals surface area contributed by atoms with Gasteiger partial charge in [0, 0.05) is 32.2 Å². The standard InChI is InChI=1S/C19H26N4O3/c1-21(2)12-19(26)7-4-9-23(10-8-19)17(24)14-5-6-15-16(11-14)20-13-22(3)18(15)25/h5-6,11,13,26H,4,7-10,12H2,1-3H3/t19-/m1/s1. The molecule has 1 aliphatic heterocycles. The first-order valence-corrected chi connectivity index (χ1v) is 8.91. The third kappa shape index (κ3) is 3.78. The summed E-state index contributed by atoms with van der Waals surface area (Å²) in [6.45, 7) is 1.74. The summed E-state index contributed by atoms with van der Waals surface area (Å²) in [5, 5.41) is 11.3. The van der Waals surface area contributed by atoms with Gasteiger partial charge in [0.05, 0.1) is 22.8 Å². The van der Waals surface area contributed by atoms with Gasteiger partial charge < -0.3 is 19.5 Å². The Morgan fingerprint density at radius 1 is 1.31 bits per heavy atom. The van der Waals surface area contributed by atoms with Crippen molar-refractivity contribution in [3.05, 3.63) is 40.4 Å². The zero-order valence-electron chi connectivity index (χ0n) is 15.6. The molecule has 1 aromatic heterocycles. The average molecular weight is 358 g/mol. The van der Waals surface area contributed by atoms with E-state index in [0.29, 0.717) is 48.9 Å². The second kappa shape index (κ2) is 7.17. The van der Waals surface area contributed by atoms with Gasteiger partial charge in [-0.3, -0.25) is 9.59 Å². The Labute approximate surface area is 152 Å². The molecule has 26 heavy (non-hydrogen) atoms. The van der Waals surface area contributed by atoms with Crippen molar-refractivity contribution in [3.8, 4) is 0 Å². The number of carbonyl (C=O) groups excluding carboxylic acids is 1. The van der Waals surface area contributed by atoms with Crippen LogP contribution in [0.1, 0.15) is 29.6 Å². The zero-order chi connectivity index (χ0) is 18.9. The van der Waals surface area contributed by atoms with Crippen LogP contribution in [0.5, 0.6) is 0 Å². The van der Waals surface area contributed by atoms with Crippen molar-refractivity contribution in [1.82, 2.24) is 19.4 Å². The number of benzene rings is 1. The predicted octanol–water partition coefficient (Wildman–Crippen LogP) is 0.852. The van der Waals surface area contributed by atoms with E-state index in [9.17, 15) is 14.7 Å². The Morgan fingerprint density at radius 2 is 2.08 bits per heavy atom. The van der Waals surface area contributed by atoms with Crippen molar-refractivity contribution >= 4 is 16.8 Å². The number of hydrogen-bond donors (Lipinski definition) is 1. The summed E-state index contributed by atoms with van der Waals surface area (Å²) in [6, 6.07) is 5.03. The van der Waals surface area contributed by atoms with Crippen LogP contribution in [-0.2, 0) is 7.05 Å². The molecular formula is C19H26N4O3. The van der Waals surface area contributed by atoms with Crippen LogP contribution >= 0.6 is 0 Å².